The fourth-order valence-corrected chi connectivity index (χ4v) is 3.67. The summed E-state index contributed by atoms with van der Waals surface area (Å²) in [7, 11) is 0. The molecule has 0 bridgehead atoms. The van der Waals surface area contributed by atoms with E-state index in [0.717, 1.165) is 48.3 Å². The molecular weight excluding hydrogens is 310 g/mol. The molecule has 2 heterocycles. The Labute approximate surface area is 147 Å². The van der Waals surface area contributed by atoms with Crippen LogP contribution in [0.15, 0.2) is 65.5 Å². The molecule has 1 aliphatic heterocycles. The van der Waals surface area contributed by atoms with Crippen LogP contribution in [0, 0.1) is 0 Å². The third-order valence-corrected chi connectivity index (χ3v) is 4.86. The molecule has 1 aromatic heterocycles. The maximum absolute atomic E-state index is 13.2. The van der Waals surface area contributed by atoms with E-state index >= 15 is 0 Å². The Hall–Kier alpha value is -2.43. The van der Waals surface area contributed by atoms with Crippen molar-refractivity contribution in [1.29, 1.82) is 0 Å². The van der Waals surface area contributed by atoms with Gasteiger partial charge in [-0.2, -0.15) is 0 Å². The zero-order chi connectivity index (χ0) is 17.2. The lowest BCUT2D eigenvalue weighted by Gasteiger charge is -2.32. The van der Waals surface area contributed by atoms with Crippen molar-refractivity contribution in [3.8, 4) is 5.69 Å². The van der Waals surface area contributed by atoms with Crippen molar-refractivity contribution >= 4 is 10.8 Å². The quantitative estimate of drug-likeness (QED) is 0.801. The summed E-state index contributed by atoms with van der Waals surface area (Å²) < 4.78 is 1.87. The highest BCUT2D eigenvalue weighted by molar-refractivity contribution is 5.82. The lowest BCUT2D eigenvalue weighted by atomic mass is 10.1. The van der Waals surface area contributed by atoms with Gasteiger partial charge in [-0.1, -0.05) is 36.4 Å². The average Bonchev–Trinajstić information content (AvgIpc) is 2.63. The standard InChI is InChI=1S/C21H23N3O/c1-16-14-23(12-11-22-16)15-19-13-17-7-5-6-10-20(17)21(25)24(19)18-8-3-2-4-9-18/h2-10,13,16,22H,11-12,14-15H2,1H3/t16-/m0/s1. The Morgan fingerprint density at radius 1 is 1.08 bits per heavy atom. The summed E-state index contributed by atoms with van der Waals surface area (Å²) in [4.78, 5) is 15.6. The van der Waals surface area contributed by atoms with Gasteiger partial charge < -0.3 is 5.32 Å². The number of para-hydroxylation sites is 1. The minimum absolute atomic E-state index is 0.0579. The van der Waals surface area contributed by atoms with Gasteiger partial charge in [0.2, 0.25) is 0 Å². The number of nitrogens with one attached hydrogen (secondary N) is 1. The average molecular weight is 333 g/mol. The smallest absolute Gasteiger partial charge is 0.263 e. The highest BCUT2D eigenvalue weighted by Gasteiger charge is 2.18. The number of nitrogens with zero attached hydrogens (tertiary/aromatic N) is 2. The van der Waals surface area contributed by atoms with Gasteiger partial charge in [0.25, 0.3) is 5.56 Å². The van der Waals surface area contributed by atoms with E-state index in [1.807, 2.05) is 59.2 Å². The van der Waals surface area contributed by atoms with Crippen LogP contribution in [0.5, 0.6) is 0 Å². The fraction of sp³-hybridized carbons (Fsp3) is 0.286. The lowest BCUT2D eigenvalue weighted by Crippen LogP contribution is -2.49. The Balaban J connectivity index is 1.85. The van der Waals surface area contributed by atoms with Crippen LogP contribution in [-0.2, 0) is 6.54 Å². The minimum atomic E-state index is 0.0579. The van der Waals surface area contributed by atoms with Crippen molar-refractivity contribution in [1.82, 2.24) is 14.8 Å². The molecule has 0 saturated carbocycles. The van der Waals surface area contributed by atoms with Crippen molar-refractivity contribution in [3.05, 3.63) is 76.7 Å². The molecule has 25 heavy (non-hydrogen) atoms. The molecule has 0 aliphatic carbocycles. The Morgan fingerprint density at radius 2 is 1.84 bits per heavy atom. The number of aromatic nitrogens is 1. The second-order valence-electron chi connectivity index (χ2n) is 6.79. The Bertz CT molecular complexity index is 933. The maximum Gasteiger partial charge on any atom is 0.263 e. The monoisotopic (exact) mass is 333 g/mol. The van der Waals surface area contributed by atoms with Gasteiger partial charge in [0, 0.05) is 49.0 Å². The molecule has 4 rings (SSSR count). The van der Waals surface area contributed by atoms with Crippen LogP contribution in [0.1, 0.15) is 12.6 Å². The van der Waals surface area contributed by atoms with E-state index in [1.54, 1.807) is 0 Å². The van der Waals surface area contributed by atoms with E-state index in [0.29, 0.717) is 6.04 Å². The number of rotatable bonds is 3. The highest BCUT2D eigenvalue weighted by Crippen LogP contribution is 2.18. The number of fused-ring (bicyclic) bond motifs is 1. The van der Waals surface area contributed by atoms with Crippen molar-refractivity contribution in [3.63, 3.8) is 0 Å². The molecular formula is C21H23N3O. The molecule has 1 atom stereocenters. The minimum Gasteiger partial charge on any atom is -0.312 e. The Morgan fingerprint density at radius 3 is 2.64 bits per heavy atom. The van der Waals surface area contributed by atoms with E-state index in [9.17, 15) is 4.79 Å². The lowest BCUT2D eigenvalue weighted by molar-refractivity contribution is 0.196. The van der Waals surface area contributed by atoms with E-state index in [-0.39, 0.29) is 5.56 Å². The number of benzene rings is 2. The third kappa shape index (κ3) is 3.23. The molecule has 3 aromatic rings. The molecule has 0 unspecified atom stereocenters. The highest BCUT2D eigenvalue weighted by atomic mass is 16.1. The summed E-state index contributed by atoms with van der Waals surface area (Å²) in [5.41, 5.74) is 2.03. The molecule has 2 aromatic carbocycles. The van der Waals surface area contributed by atoms with E-state index in [2.05, 4.69) is 23.2 Å². The van der Waals surface area contributed by atoms with Crippen LogP contribution in [0.25, 0.3) is 16.5 Å². The van der Waals surface area contributed by atoms with Gasteiger partial charge in [0.15, 0.2) is 0 Å². The van der Waals surface area contributed by atoms with Crippen LogP contribution in [0.3, 0.4) is 0 Å². The van der Waals surface area contributed by atoms with Gasteiger partial charge in [-0.3, -0.25) is 14.3 Å². The van der Waals surface area contributed by atoms with E-state index < -0.39 is 0 Å². The molecule has 4 heteroatoms. The van der Waals surface area contributed by atoms with Gasteiger partial charge in [-0.05, 0) is 36.6 Å². The third-order valence-electron chi connectivity index (χ3n) is 4.86. The largest absolute Gasteiger partial charge is 0.312 e. The number of piperazine rings is 1. The predicted molar refractivity (Wildman–Crippen MR) is 102 cm³/mol. The molecule has 1 aliphatic rings. The summed E-state index contributed by atoms with van der Waals surface area (Å²) in [6.07, 6.45) is 0. The number of pyridine rings is 1. The van der Waals surface area contributed by atoms with Gasteiger partial charge >= 0.3 is 0 Å². The Kier molecular flexibility index (Phi) is 4.38. The molecule has 1 N–H and O–H groups in total. The number of hydrogen-bond acceptors (Lipinski definition) is 3. The van der Waals surface area contributed by atoms with E-state index in [1.165, 1.54) is 0 Å². The molecule has 1 saturated heterocycles. The molecule has 0 radical (unpaired) electrons. The number of hydrogen-bond donors (Lipinski definition) is 1. The first kappa shape index (κ1) is 16.1. The summed E-state index contributed by atoms with van der Waals surface area (Å²) in [6.45, 7) is 5.97. The molecule has 128 valence electrons. The summed E-state index contributed by atoms with van der Waals surface area (Å²) >= 11 is 0. The van der Waals surface area contributed by atoms with Crippen LogP contribution in [-0.4, -0.2) is 35.1 Å². The normalized spacial score (nSPS) is 18.5. The second-order valence-corrected chi connectivity index (χ2v) is 6.79. The molecule has 0 amide bonds. The van der Waals surface area contributed by atoms with Crippen LogP contribution in [0.2, 0.25) is 0 Å². The summed E-state index contributed by atoms with van der Waals surface area (Å²) in [5, 5.41) is 5.25. The SMILES string of the molecule is C[C@H]1CN(Cc2cc3ccccc3c(=O)n2-c2ccccc2)CCN1. The second kappa shape index (κ2) is 6.82. The summed E-state index contributed by atoms with van der Waals surface area (Å²) in [5.74, 6) is 0. The van der Waals surface area contributed by atoms with Gasteiger partial charge in [0.1, 0.15) is 0 Å². The van der Waals surface area contributed by atoms with E-state index in [4.69, 9.17) is 0 Å². The topological polar surface area (TPSA) is 37.3 Å². The molecule has 4 nitrogen and oxygen atoms in total. The van der Waals surface area contributed by atoms with Gasteiger partial charge in [-0.25, -0.2) is 0 Å². The van der Waals surface area contributed by atoms with Crippen molar-refractivity contribution in [2.75, 3.05) is 19.6 Å². The predicted octanol–water partition coefficient (Wildman–Crippen LogP) is 2.78. The fourth-order valence-electron chi connectivity index (χ4n) is 3.67. The van der Waals surface area contributed by atoms with Crippen LogP contribution >= 0.6 is 0 Å². The van der Waals surface area contributed by atoms with Gasteiger partial charge in [-0.15, -0.1) is 0 Å². The first-order chi connectivity index (χ1) is 12.2. The van der Waals surface area contributed by atoms with Crippen LogP contribution < -0.4 is 10.9 Å². The first-order valence-corrected chi connectivity index (χ1v) is 8.87. The zero-order valence-corrected chi connectivity index (χ0v) is 14.5. The van der Waals surface area contributed by atoms with Crippen molar-refractivity contribution < 1.29 is 0 Å². The van der Waals surface area contributed by atoms with Crippen LogP contribution in [0.4, 0.5) is 0 Å². The zero-order valence-electron chi connectivity index (χ0n) is 14.5. The van der Waals surface area contributed by atoms with Crippen molar-refractivity contribution in [2.45, 2.75) is 19.5 Å². The summed E-state index contributed by atoms with van der Waals surface area (Å²) in [6, 6.07) is 20.4. The first-order valence-electron chi connectivity index (χ1n) is 8.87. The van der Waals surface area contributed by atoms with Gasteiger partial charge in [0.05, 0.1) is 0 Å². The van der Waals surface area contributed by atoms with Crippen molar-refractivity contribution in [2.24, 2.45) is 0 Å². The molecule has 1 fully saturated rings. The maximum atomic E-state index is 13.2. The molecule has 0 spiro atoms.